The minimum Gasteiger partial charge on any atom is -0.325 e. The third kappa shape index (κ3) is 4.07. The number of amides is 1. The van der Waals surface area contributed by atoms with Gasteiger partial charge in [-0.2, -0.15) is 5.26 Å². The first-order valence-electron chi connectivity index (χ1n) is 6.32. The molecule has 0 radical (unpaired) electrons. The van der Waals surface area contributed by atoms with Crippen molar-refractivity contribution in [1.82, 2.24) is 0 Å². The summed E-state index contributed by atoms with van der Waals surface area (Å²) in [6.07, 6.45) is 0. The average Bonchev–Trinajstić information content (AvgIpc) is 2.50. The van der Waals surface area contributed by atoms with E-state index in [2.05, 4.69) is 5.32 Å². The molecule has 2 aromatic rings. The van der Waals surface area contributed by atoms with Gasteiger partial charge < -0.3 is 5.32 Å². The maximum Gasteiger partial charge on any atom is 0.237 e. The first-order chi connectivity index (χ1) is 10.1. The van der Waals surface area contributed by atoms with Crippen LogP contribution < -0.4 is 5.32 Å². The first-order valence-corrected chi connectivity index (χ1v) is 7.20. The lowest BCUT2D eigenvalue weighted by Crippen LogP contribution is -2.22. The summed E-state index contributed by atoms with van der Waals surface area (Å²) in [6, 6.07) is 15.0. The topological polar surface area (TPSA) is 52.9 Å². The molecule has 0 aromatic heterocycles. The SMILES string of the molecule is CC(Sc1ccccc1F)C(=O)Nc1ccc(C#N)cc1. The molecule has 3 nitrogen and oxygen atoms in total. The second-order valence-corrected chi connectivity index (χ2v) is 5.75. The molecule has 0 aliphatic rings. The van der Waals surface area contributed by atoms with Crippen molar-refractivity contribution in [1.29, 1.82) is 5.26 Å². The van der Waals surface area contributed by atoms with E-state index in [9.17, 15) is 9.18 Å². The Morgan fingerprint density at radius 2 is 1.90 bits per heavy atom. The lowest BCUT2D eigenvalue weighted by molar-refractivity contribution is -0.115. The summed E-state index contributed by atoms with van der Waals surface area (Å²) >= 11 is 1.17. The summed E-state index contributed by atoms with van der Waals surface area (Å²) in [7, 11) is 0. The highest BCUT2D eigenvalue weighted by Gasteiger charge is 2.16. The van der Waals surface area contributed by atoms with Crippen molar-refractivity contribution in [3.63, 3.8) is 0 Å². The molecule has 0 bridgehead atoms. The van der Waals surface area contributed by atoms with Gasteiger partial charge in [-0.25, -0.2) is 4.39 Å². The molecule has 0 saturated carbocycles. The molecule has 0 fully saturated rings. The van der Waals surface area contributed by atoms with E-state index in [0.29, 0.717) is 16.1 Å². The smallest absolute Gasteiger partial charge is 0.237 e. The molecule has 2 aromatic carbocycles. The third-order valence-corrected chi connectivity index (χ3v) is 3.94. The van der Waals surface area contributed by atoms with Crippen molar-refractivity contribution in [3.8, 4) is 6.07 Å². The zero-order valence-electron chi connectivity index (χ0n) is 11.3. The van der Waals surface area contributed by atoms with E-state index >= 15 is 0 Å². The Morgan fingerprint density at radius 3 is 2.52 bits per heavy atom. The number of hydrogen-bond acceptors (Lipinski definition) is 3. The lowest BCUT2D eigenvalue weighted by atomic mass is 10.2. The first kappa shape index (κ1) is 15.1. The molecule has 0 aliphatic heterocycles. The Hall–Kier alpha value is -2.32. The van der Waals surface area contributed by atoms with Gasteiger partial charge in [0.1, 0.15) is 5.82 Å². The van der Waals surface area contributed by atoms with Gasteiger partial charge in [0.25, 0.3) is 0 Å². The molecule has 0 spiro atoms. The van der Waals surface area contributed by atoms with Crippen LogP contribution in [0, 0.1) is 17.1 Å². The summed E-state index contributed by atoms with van der Waals surface area (Å²) in [4.78, 5) is 12.5. The van der Waals surface area contributed by atoms with E-state index in [4.69, 9.17) is 5.26 Å². The van der Waals surface area contributed by atoms with Crippen LogP contribution in [0.4, 0.5) is 10.1 Å². The fourth-order valence-corrected chi connectivity index (χ4v) is 2.54. The maximum atomic E-state index is 13.5. The molecule has 0 saturated heterocycles. The second-order valence-electron chi connectivity index (χ2n) is 4.37. The molecule has 0 heterocycles. The average molecular weight is 300 g/mol. The van der Waals surface area contributed by atoms with Crippen LogP contribution in [0.15, 0.2) is 53.4 Å². The predicted octanol–water partition coefficient (Wildman–Crippen LogP) is 3.82. The van der Waals surface area contributed by atoms with E-state index in [1.54, 1.807) is 49.4 Å². The highest BCUT2D eigenvalue weighted by Crippen LogP contribution is 2.26. The van der Waals surface area contributed by atoms with Crippen LogP contribution in [-0.4, -0.2) is 11.2 Å². The van der Waals surface area contributed by atoms with Gasteiger partial charge in [-0.3, -0.25) is 4.79 Å². The van der Waals surface area contributed by atoms with Crippen LogP contribution >= 0.6 is 11.8 Å². The Bertz CT molecular complexity index is 679. The van der Waals surface area contributed by atoms with Crippen molar-refractivity contribution in [2.24, 2.45) is 0 Å². The largest absolute Gasteiger partial charge is 0.325 e. The normalized spacial score (nSPS) is 11.5. The number of carbonyl (C=O) groups excluding carboxylic acids is 1. The zero-order valence-corrected chi connectivity index (χ0v) is 12.2. The molecule has 0 aliphatic carbocycles. The van der Waals surface area contributed by atoms with Crippen molar-refractivity contribution in [3.05, 3.63) is 59.9 Å². The monoisotopic (exact) mass is 300 g/mol. The zero-order chi connectivity index (χ0) is 15.2. The van der Waals surface area contributed by atoms with E-state index in [1.165, 1.54) is 17.8 Å². The molecule has 1 unspecified atom stereocenters. The molecular formula is C16H13FN2OS. The number of nitrogens with one attached hydrogen (secondary N) is 1. The van der Waals surface area contributed by atoms with Gasteiger partial charge in [0, 0.05) is 10.6 Å². The summed E-state index contributed by atoms with van der Waals surface area (Å²) in [5.74, 6) is -0.548. The van der Waals surface area contributed by atoms with Crippen molar-refractivity contribution in [2.45, 2.75) is 17.1 Å². The van der Waals surface area contributed by atoms with Gasteiger partial charge in [0.2, 0.25) is 5.91 Å². The van der Waals surface area contributed by atoms with E-state index < -0.39 is 5.25 Å². The van der Waals surface area contributed by atoms with Crippen molar-refractivity contribution >= 4 is 23.4 Å². The van der Waals surface area contributed by atoms with Gasteiger partial charge in [0.15, 0.2) is 0 Å². The number of anilines is 1. The highest BCUT2D eigenvalue weighted by atomic mass is 32.2. The van der Waals surface area contributed by atoms with Gasteiger partial charge in [-0.15, -0.1) is 11.8 Å². The number of hydrogen-bond donors (Lipinski definition) is 1. The molecule has 1 N–H and O–H groups in total. The quantitative estimate of drug-likeness (QED) is 0.873. The minimum absolute atomic E-state index is 0.215. The molecular weight excluding hydrogens is 287 g/mol. The van der Waals surface area contributed by atoms with E-state index in [-0.39, 0.29) is 11.7 Å². The van der Waals surface area contributed by atoms with Crippen LogP contribution in [0.25, 0.3) is 0 Å². The van der Waals surface area contributed by atoms with Crippen LogP contribution in [0.2, 0.25) is 0 Å². The number of carbonyl (C=O) groups is 1. The summed E-state index contributed by atoms with van der Waals surface area (Å²) in [5.41, 5.74) is 1.14. The molecule has 1 atom stereocenters. The molecule has 106 valence electrons. The standard InChI is InChI=1S/C16H13FN2OS/c1-11(21-15-5-3-2-4-14(15)17)16(20)19-13-8-6-12(10-18)7-9-13/h2-9,11H,1H3,(H,19,20). The fourth-order valence-electron chi connectivity index (χ4n) is 1.66. The summed E-state index contributed by atoms with van der Waals surface area (Å²) in [6.45, 7) is 1.72. The van der Waals surface area contributed by atoms with Crippen LogP contribution in [0.5, 0.6) is 0 Å². The molecule has 2 rings (SSSR count). The van der Waals surface area contributed by atoms with Gasteiger partial charge in [0.05, 0.1) is 16.9 Å². The number of nitrogens with zero attached hydrogens (tertiary/aromatic N) is 1. The van der Waals surface area contributed by atoms with Gasteiger partial charge in [-0.05, 0) is 43.3 Å². The predicted molar refractivity (Wildman–Crippen MR) is 81.5 cm³/mol. The number of benzene rings is 2. The van der Waals surface area contributed by atoms with E-state index in [1.807, 2.05) is 6.07 Å². The summed E-state index contributed by atoms with van der Waals surface area (Å²) < 4.78 is 13.5. The number of nitriles is 1. The number of rotatable bonds is 4. The maximum absolute atomic E-state index is 13.5. The van der Waals surface area contributed by atoms with Gasteiger partial charge >= 0.3 is 0 Å². The van der Waals surface area contributed by atoms with Crippen molar-refractivity contribution < 1.29 is 9.18 Å². The minimum atomic E-state index is -0.433. The number of thioether (sulfide) groups is 1. The van der Waals surface area contributed by atoms with Crippen LogP contribution in [0.3, 0.4) is 0 Å². The molecule has 21 heavy (non-hydrogen) atoms. The van der Waals surface area contributed by atoms with Crippen molar-refractivity contribution in [2.75, 3.05) is 5.32 Å². The van der Waals surface area contributed by atoms with Crippen LogP contribution in [0.1, 0.15) is 12.5 Å². The summed E-state index contributed by atoms with van der Waals surface area (Å²) in [5, 5.41) is 11.0. The Morgan fingerprint density at radius 1 is 1.24 bits per heavy atom. The fraction of sp³-hybridized carbons (Fsp3) is 0.125. The highest BCUT2D eigenvalue weighted by molar-refractivity contribution is 8.00. The Balaban J connectivity index is 1.99. The van der Waals surface area contributed by atoms with Gasteiger partial charge in [-0.1, -0.05) is 12.1 Å². The lowest BCUT2D eigenvalue weighted by Gasteiger charge is -2.12. The molecule has 5 heteroatoms. The van der Waals surface area contributed by atoms with Crippen LogP contribution in [-0.2, 0) is 4.79 Å². The third-order valence-electron chi connectivity index (χ3n) is 2.79. The second kappa shape index (κ2) is 6.91. The van der Waals surface area contributed by atoms with E-state index in [0.717, 1.165) is 0 Å². The Kier molecular flexibility index (Phi) is 4.96. The molecule has 1 amide bonds. The number of halogens is 1. The Labute approximate surface area is 126 Å².